The molecule has 2 N–H and O–H groups in total. The number of furan rings is 1. The van der Waals surface area contributed by atoms with Crippen LogP contribution in [0.3, 0.4) is 0 Å². The second-order valence-electron chi connectivity index (χ2n) is 9.37. The third kappa shape index (κ3) is 5.60. The molecule has 6 nitrogen and oxygen atoms in total. The number of carbonyl (C=O) groups is 2. The van der Waals surface area contributed by atoms with Gasteiger partial charge in [0.15, 0.2) is 12.4 Å². The van der Waals surface area contributed by atoms with Gasteiger partial charge in [0, 0.05) is 16.8 Å². The molecule has 0 saturated heterocycles. The van der Waals surface area contributed by atoms with Gasteiger partial charge in [0.25, 0.3) is 11.8 Å². The lowest BCUT2D eigenvalue weighted by Gasteiger charge is -2.22. The first-order valence-electron chi connectivity index (χ1n) is 12.5. The van der Waals surface area contributed by atoms with E-state index in [1.165, 1.54) is 37.7 Å². The van der Waals surface area contributed by atoms with Crippen LogP contribution in [0.1, 0.15) is 59.7 Å². The topological polar surface area (TPSA) is 80.6 Å². The molecular formula is C30H30N2O4. The van der Waals surface area contributed by atoms with Crippen molar-refractivity contribution in [2.24, 2.45) is 0 Å². The highest BCUT2D eigenvalue weighted by atomic mass is 16.5. The Labute approximate surface area is 210 Å². The quantitative estimate of drug-likeness (QED) is 0.295. The third-order valence-electron chi connectivity index (χ3n) is 6.73. The first-order chi connectivity index (χ1) is 17.5. The van der Waals surface area contributed by atoms with Crippen molar-refractivity contribution in [2.45, 2.75) is 44.9 Å². The molecule has 3 aromatic carbocycles. The molecule has 1 aliphatic carbocycles. The standard InChI is InChI=1S/C30H30N2O4/c1-20-17-24(13-16-26(20)32-30(34)28-18-23-9-5-6-10-27(23)36-28)31-29(33)19-35-25-14-11-22(12-15-25)21-7-3-2-4-8-21/h5-6,9-18,21H,2-4,7-8,19H2,1H3,(H,31,33)(H,32,34). The van der Waals surface area contributed by atoms with E-state index in [1.807, 2.05) is 49.4 Å². The minimum atomic E-state index is -0.325. The average molecular weight is 483 g/mol. The summed E-state index contributed by atoms with van der Waals surface area (Å²) in [4.78, 5) is 25.1. The number of anilines is 2. The largest absolute Gasteiger partial charge is 0.484 e. The van der Waals surface area contributed by atoms with E-state index >= 15 is 0 Å². The Balaban J connectivity index is 1.13. The number of fused-ring (bicyclic) bond motifs is 1. The van der Waals surface area contributed by atoms with Crippen molar-refractivity contribution in [3.63, 3.8) is 0 Å². The maximum atomic E-state index is 12.6. The summed E-state index contributed by atoms with van der Waals surface area (Å²) in [5.74, 6) is 1.01. The molecule has 1 fully saturated rings. The molecule has 184 valence electrons. The Bertz CT molecular complexity index is 1330. The van der Waals surface area contributed by atoms with Crippen molar-refractivity contribution in [3.05, 3.63) is 89.7 Å². The Hall–Kier alpha value is -4.06. The molecule has 1 aliphatic rings. The first-order valence-corrected chi connectivity index (χ1v) is 12.5. The van der Waals surface area contributed by atoms with Crippen molar-refractivity contribution in [1.82, 2.24) is 0 Å². The van der Waals surface area contributed by atoms with E-state index in [2.05, 4.69) is 22.8 Å². The van der Waals surface area contributed by atoms with Crippen molar-refractivity contribution in [1.29, 1.82) is 0 Å². The lowest BCUT2D eigenvalue weighted by Crippen LogP contribution is -2.20. The average Bonchev–Trinajstić information content (AvgIpc) is 3.35. The fraction of sp³-hybridized carbons (Fsp3) is 0.267. The first kappa shape index (κ1) is 23.7. The summed E-state index contributed by atoms with van der Waals surface area (Å²) in [5.41, 5.74) is 4.12. The van der Waals surface area contributed by atoms with Crippen LogP contribution in [0.15, 0.2) is 77.2 Å². The fourth-order valence-electron chi connectivity index (χ4n) is 4.78. The number of benzene rings is 3. The molecule has 36 heavy (non-hydrogen) atoms. The predicted octanol–water partition coefficient (Wildman–Crippen LogP) is 7.06. The number of ether oxygens (including phenoxy) is 1. The van der Waals surface area contributed by atoms with Gasteiger partial charge >= 0.3 is 0 Å². The molecule has 2 amide bonds. The number of carbonyl (C=O) groups excluding carboxylic acids is 2. The van der Waals surface area contributed by atoms with E-state index in [0.717, 1.165) is 10.9 Å². The number of hydrogen-bond acceptors (Lipinski definition) is 4. The number of rotatable bonds is 7. The van der Waals surface area contributed by atoms with Crippen LogP contribution in [0.25, 0.3) is 11.0 Å². The van der Waals surface area contributed by atoms with Crippen molar-refractivity contribution in [2.75, 3.05) is 17.2 Å². The summed E-state index contributed by atoms with van der Waals surface area (Å²) in [6.45, 7) is 1.79. The molecular weight excluding hydrogens is 452 g/mol. The monoisotopic (exact) mass is 482 g/mol. The summed E-state index contributed by atoms with van der Waals surface area (Å²) in [6.07, 6.45) is 6.45. The molecule has 0 spiro atoms. The summed E-state index contributed by atoms with van der Waals surface area (Å²) in [7, 11) is 0. The van der Waals surface area contributed by atoms with E-state index in [4.69, 9.17) is 9.15 Å². The highest BCUT2D eigenvalue weighted by Crippen LogP contribution is 2.33. The van der Waals surface area contributed by atoms with Crippen LogP contribution >= 0.6 is 0 Å². The van der Waals surface area contributed by atoms with Gasteiger partial charge in [0.1, 0.15) is 11.3 Å². The lowest BCUT2D eigenvalue weighted by atomic mass is 9.84. The minimum Gasteiger partial charge on any atom is -0.484 e. The predicted molar refractivity (Wildman–Crippen MR) is 142 cm³/mol. The van der Waals surface area contributed by atoms with Crippen LogP contribution in [0.4, 0.5) is 11.4 Å². The zero-order chi connectivity index (χ0) is 24.9. The van der Waals surface area contributed by atoms with Gasteiger partial charge in [0.05, 0.1) is 0 Å². The lowest BCUT2D eigenvalue weighted by molar-refractivity contribution is -0.118. The normalized spacial score (nSPS) is 13.9. The minimum absolute atomic E-state index is 0.0770. The van der Waals surface area contributed by atoms with Crippen LogP contribution in [-0.4, -0.2) is 18.4 Å². The van der Waals surface area contributed by atoms with Gasteiger partial charge in [-0.05, 0) is 79.3 Å². The molecule has 5 rings (SSSR count). The molecule has 0 atom stereocenters. The third-order valence-corrected chi connectivity index (χ3v) is 6.73. The van der Waals surface area contributed by atoms with E-state index in [-0.39, 0.29) is 24.2 Å². The van der Waals surface area contributed by atoms with Gasteiger partial charge in [-0.25, -0.2) is 0 Å². The maximum Gasteiger partial charge on any atom is 0.291 e. The van der Waals surface area contributed by atoms with Gasteiger partial charge in [-0.1, -0.05) is 49.6 Å². The summed E-state index contributed by atoms with van der Waals surface area (Å²) >= 11 is 0. The Morgan fingerprint density at radius 3 is 2.44 bits per heavy atom. The van der Waals surface area contributed by atoms with Crippen LogP contribution < -0.4 is 15.4 Å². The molecule has 1 aromatic heterocycles. The highest BCUT2D eigenvalue weighted by Gasteiger charge is 2.16. The SMILES string of the molecule is Cc1cc(NC(=O)COc2ccc(C3CCCCC3)cc2)ccc1NC(=O)c1cc2ccccc2o1. The zero-order valence-electron chi connectivity index (χ0n) is 20.4. The molecule has 0 unspecified atom stereocenters. The van der Waals surface area contributed by atoms with Crippen LogP contribution in [-0.2, 0) is 4.79 Å². The highest BCUT2D eigenvalue weighted by molar-refractivity contribution is 6.05. The molecule has 0 bridgehead atoms. The number of para-hydroxylation sites is 1. The molecule has 0 radical (unpaired) electrons. The molecule has 4 aromatic rings. The van der Waals surface area contributed by atoms with Gasteiger partial charge < -0.3 is 19.8 Å². The summed E-state index contributed by atoms with van der Waals surface area (Å²) < 4.78 is 11.3. The smallest absolute Gasteiger partial charge is 0.291 e. The second kappa shape index (κ2) is 10.7. The van der Waals surface area contributed by atoms with E-state index < -0.39 is 0 Å². The van der Waals surface area contributed by atoms with E-state index in [9.17, 15) is 9.59 Å². The fourth-order valence-corrected chi connectivity index (χ4v) is 4.78. The molecule has 1 saturated carbocycles. The number of nitrogens with one attached hydrogen (secondary N) is 2. The summed E-state index contributed by atoms with van der Waals surface area (Å²) in [6, 6.07) is 22.6. The molecule has 0 aliphatic heterocycles. The van der Waals surface area contributed by atoms with E-state index in [0.29, 0.717) is 28.6 Å². The van der Waals surface area contributed by atoms with Gasteiger partial charge in [0.2, 0.25) is 0 Å². The van der Waals surface area contributed by atoms with Crippen LogP contribution in [0, 0.1) is 6.92 Å². The van der Waals surface area contributed by atoms with Crippen LogP contribution in [0.2, 0.25) is 0 Å². The number of aryl methyl sites for hydroxylation is 1. The van der Waals surface area contributed by atoms with Crippen molar-refractivity contribution in [3.8, 4) is 5.75 Å². The van der Waals surface area contributed by atoms with Gasteiger partial charge in [-0.2, -0.15) is 0 Å². The molecule has 1 heterocycles. The second-order valence-corrected chi connectivity index (χ2v) is 9.37. The molecule has 6 heteroatoms. The number of amides is 2. The maximum absolute atomic E-state index is 12.6. The van der Waals surface area contributed by atoms with E-state index in [1.54, 1.807) is 18.2 Å². The van der Waals surface area contributed by atoms with Gasteiger partial charge in [-0.15, -0.1) is 0 Å². The zero-order valence-corrected chi connectivity index (χ0v) is 20.4. The van der Waals surface area contributed by atoms with Crippen molar-refractivity contribution < 1.29 is 18.7 Å². The Morgan fingerprint density at radius 2 is 1.69 bits per heavy atom. The van der Waals surface area contributed by atoms with Crippen LogP contribution in [0.5, 0.6) is 5.75 Å². The number of hydrogen-bond donors (Lipinski definition) is 2. The van der Waals surface area contributed by atoms with Gasteiger partial charge in [-0.3, -0.25) is 9.59 Å². The Morgan fingerprint density at radius 1 is 0.917 bits per heavy atom. The van der Waals surface area contributed by atoms with Crippen molar-refractivity contribution >= 4 is 34.2 Å². The Kier molecular flexibility index (Phi) is 7.03. The summed E-state index contributed by atoms with van der Waals surface area (Å²) in [5, 5.41) is 6.60.